The van der Waals surface area contributed by atoms with Gasteiger partial charge in [-0.05, 0) is 54.6 Å². The zero-order chi connectivity index (χ0) is 21.2. The first-order valence-electron chi connectivity index (χ1n) is 7.97. The van der Waals surface area contributed by atoms with Gasteiger partial charge < -0.3 is 5.11 Å². The molecule has 0 saturated carbocycles. The largest absolute Gasteiger partial charge is 0.506 e. The van der Waals surface area contributed by atoms with Crippen molar-refractivity contribution in [1.82, 2.24) is 0 Å². The lowest BCUT2D eigenvalue weighted by molar-refractivity contribution is 0.477. The minimum absolute atomic E-state index is 0.144. The number of phenols is 1. The molecule has 3 aromatic carbocycles. The van der Waals surface area contributed by atoms with Crippen molar-refractivity contribution < 1.29 is 21.9 Å². The Morgan fingerprint density at radius 2 is 1.28 bits per heavy atom. The number of anilines is 2. The van der Waals surface area contributed by atoms with Crippen LogP contribution in [0.25, 0.3) is 0 Å². The van der Waals surface area contributed by atoms with E-state index < -0.39 is 25.8 Å². The molecule has 29 heavy (non-hydrogen) atoms. The number of hydrogen-bond acceptors (Lipinski definition) is 5. The van der Waals surface area contributed by atoms with E-state index >= 15 is 0 Å². The Bertz CT molecular complexity index is 1280. The third kappa shape index (κ3) is 5.13. The van der Waals surface area contributed by atoms with E-state index in [0.717, 1.165) is 18.2 Å². The van der Waals surface area contributed by atoms with Crippen molar-refractivity contribution in [3.63, 3.8) is 0 Å². The predicted molar refractivity (Wildman–Crippen MR) is 113 cm³/mol. The molecule has 0 fully saturated rings. The van der Waals surface area contributed by atoms with Crippen LogP contribution in [0.15, 0.2) is 76.5 Å². The minimum Gasteiger partial charge on any atom is -0.506 e. The molecule has 3 rings (SSSR count). The van der Waals surface area contributed by atoms with Gasteiger partial charge in [-0.1, -0.05) is 35.3 Å². The number of nitrogens with one attached hydrogen (secondary N) is 2. The third-order valence-corrected chi connectivity index (χ3v) is 6.92. The second-order valence-corrected chi connectivity index (χ2v) is 10.1. The lowest BCUT2D eigenvalue weighted by atomic mass is 10.3. The smallest absolute Gasteiger partial charge is 0.262 e. The number of aromatic hydroxyl groups is 1. The van der Waals surface area contributed by atoms with Gasteiger partial charge in [-0.15, -0.1) is 0 Å². The molecule has 0 amide bonds. The summed E-state index contributed by atoms with van der Waals surface area (Å²) in [7, 11) is -8.18. The Morgan fingerprint density at radius 3 is 1.93 bits per heavy atom. The monoisotopic (exact) mass is 472 g/mol. The SMILES string of the molecule is O=S(=O)(Nc1cccc(Cl)c1)c1ccc(O)c(NS(=O)(=O)c2cccc(Cl)c2)c1. The Balaban J connectivity index is 1.93. The molecule has 0 aliphatic carbocycles. The highest BCUT2D eigenvalue weighted by Crippen LogP contribution is 2.30. The van der Waals surface area contributed by atoms with Gasteiger partial charge in [-0.25, -0.2) is 16.8 Å². The van der Waals surface area contributed by atoms with Crippen molar-refractivity contribution >= 4 is 54.6 Å². The standard InChI is InChI=1S/C18H14Cl2N2O5S2/c19-12-3-1-5-14(9-12)21-28(24,25)16-7-8-18(23)17(11-16)22-29(26,27)15-6-2-4-13(20)10-15/h1-11,21-23H. The Kier molecular flexibility index (Phi) is 5.95. The summed E-state index contributed by atoms with van der Waals surface area (Å²) in [6, 6.07) is 14.8. The van der Waals surface area contributed by atoms with E-state index in [-0.39, 0.29) is 26.2 Å². The van der Waals surface area contributed by atoms with Crippen LogP contribution in [0.3, 0.4) is 0 Å². The highest BCUT2D eigenvalue weighted by atomic mass is 35.5. The summed E-state index contributed by atoms with van der Waals surface area (Å²) in [5.74, 6) is -0.447. The molecule has 0 aliphatic heterocycles. The summed E-state index contributed by atoms with van der Waals surface area (Å²) >= 11 is 11.7. The van der Waals surface area contributed by atoms with Crippen molar-refractivity contribution in [2.75, 3.05) is 9.44 Å². The predicted octanol–water partition coefficient (Wildman–Crippen LogP) is 4.30. The lowest BCUT2D eigenvalue weighted by Crippen LogP contribution is -2.15. The molecule has 152 valence electrons. The van der Waals surface area contributed by atoms with Gasteiger partial charge in [0.15, 0.2) is 0 Å². The quantitative estimate of drug-likeness (QED) is 0.462. The van der Waals surface area contributed by atoms with E-state index in [1.807, 2.05) is 0 Å². The number of rotatable bonds is 6. The van der Waals surface area contributed by atoms with E-state index in [9.17, 15) is 21.9 Å². The highest BCUT2D eigenvalue weighted by molar-refractivity contribution is 7.93. The normalized spacial score (nSPS) is 11.8. The summed E-state index contributed by atoms with van der Waals surface area (Å²) in [6.07, 6.45) is 0. The summed E-state index contributed by atoms with van der Waals surface area (Å²) in [6.45, 7) is 0. The molecular formula is C18H14Cl2N2O5S2. The van der Waals surface area contributed by atoms with Gasteiger partial charge in [0.05, 0.1) is 21.2 Å². The Hall–Kier alpha value is -2.46. The topological polar surface area (TPSA) is 113 Å². The van der Waals surface area contributed by atoms with E-state index in [2.05, 4.69) is 9.44 Å². The van der Waals surface area contributed by atoms with Crippen LogP contribution in [0, 0.1) is 0 Å². The molecule has 11 heteroatoms. The third-order valence-electron chi connectivity index (χ3n) is 3.71. The second kappa shape index (κ2) is 8.11. The number of benzene rings is 3. The summed E-state index contributed by atoms with van der Waals surface area (Å²) < 4.78 is 54.8. The molecule has 3 aromatic rings. The molecular weight excluding hydrogens is 459 g/mol. The van der Waals surface area contributed by atoms with Crippen LogP contribution < -0.4 is 9.44 Å². The minimum atomic E-state index is -4.11. The molecule has 3 N–H and O–H groups in total. The van der Waals surface area contributed by atoms with Crippen LogP contribution in [0.4, 0.5) is 11.4 Å². The zero-order valence-electron chi connectivity index (χ0n) is 14.5. The molecule has 0 unspecified atom stereocenters. The molecule has 0 aromatic heterocycles. The number of phenolic OH excluding ortho intramolecular Hbond substituents is 1. The average Bonchev–Trinajstić information content (AvgIpc) is 2.63. The fourth-order valence-electron chi connectivity index (χ4n) is 2.37. The average molecular weight is 473 g/mol. The Labute approximate surface area is 178 Å². The summed E-state index contributed by atoms with van der Waals surface area (Å²) in [4.78, 5) is -0.409. The number of hydrogen-bond donors (Lipinski definition) is 3. The van der Waals surface area contributed by atoms with Crippen LogP contribution in [0.5, 0.6) is 5.75 Å². The zero-order valence-corrected chi connectivity index (χ0v) is 17.6. The van der Waals surface area contributed by atoms with Crippen molar-refractivity contribution in [1.29, 1.82) is 0 Å². The van der Waals surface area contributed by atoms with Crippen molar-refractivity contribution in [3.8, 4) is 5.75 Å². The maximum Gasteiger partial charge on any atom is 0.262 e. The van der Waals surface area contributed by atoms with E-state index in [1.54, 1.807) is 12.1 Å². The van der Waals surface area contributed by atoms with E-state index in [1.165, 1.54) is 36.4 Å². The molecule has 0 saturated heterocycles. The first-order chi connectivity index (χ1) is 13.6. The molecule has 0 bridgehead atoms. The number of sulfonamides is 2. The van der Waals surface area contributed by atoms with Crippen LogP contribution >= 0.6 is 23.2 Å². The van der Waals surface area contributed by atoms with Crippen LogP contribution in [0.2, 0.25) is 10.0 Å². The fraction of sp³-hybridized carbons (Fsp3) is 0. The molecule has 0 heterocycles. The maximum atomic E-state index is 12.6. The van der Waals surface area contributed by atoms with Gasteiger partial charge in [0.25, 0.3) is 20.0 Å². The van der Waals surface area contributed by atoms with Crippen LogP contribution in [-0.4, -0.2) is 21.9 Å². The molecule has 0 radical (unpaired) electrons. The van der Waals surface area contributed by atoms with Crippen LogP contribution in [0.1, 0.15) is 0 Å². The first kappa shape index (κ1) is 21.3. The van der Waals surface area contributed by atoms with Gasteiger partial charge >= 0.3 is 0 Å². The fourth-order valence-corrected chi connectivity index (χ4v) is 5.00. The van der Waals surface area contributed by atoms with Gasteiger partial charge in [-0.2, -0.15) is 0 Å². The van der Waals surface area contributed by atoms with Gasteiger partial charge in [-0.3, -0.25) is 9.44 Å². The van der Waals surface area contributed by atoms with Gasteiger partial charge in [0.1, 0.15) is 5.75 Å². The number of halogens is 2. The van der Waals surface area contributed by atoms with Crippen molar-refractivity contribution in [2.45, 2.75) is 9.79 Å². The molecule has 0 atom stereocenters. The highest BCUT2D eigenvalue weighted by Gasteiger charge is 2.20. The van der Waals surface area contributed by atoms with Gasteiger partial charge in [0, 0.05) is 10.0 Å². The molecule has 0 spiro atoms. The van der Waals surface area contributed by atoms with Crippen molar-refractivity contribution in [3.05, 3.63) is 76.8 Å². The maximum absolute atomic E-state index is 12.6. The molecule has 7 nitrogen and oxygen atoms in total. The second-order valence-electron chi connectivity index (χ2n) is 5.86. The van der Waals surface area contributed by atoms with Gasteiger partial charge in [0.2, 0.25) is 0 Å². The summed E-state index contributed by atoms with van der Waals surface area (Å²) in [5.41, 5.74) is -0.0782. The van der Waals surface area contributed by atoms with E-state index in [0.29, 0.717) is 5.02 Å². The Morgan fingerprint density at radius 1 is 0.690 bits per heavy atom. The van der Waals surface area contributed by atoms with E-state index in [4.69, 9.17) is 23.2 Å². The first-order valence-corrected chi connectivity index (χ1v) is 11.7. The summed E-state index contributed by atoms with van der Waals surface area (Å²) in [5, 5.41) is 10.6. The van der Waals surface area contributed by atoms with Crippen molar-refractivity contribution in [2.24, 2.45) is 0 Å². The lowest BCUT2D eigenvalue weighted by Gasteiger charge is -2.13. The van der Waals surface area contributed by atoms with Crippen LogP contribution in [-0.2, 0) is 20.0 Å². The molecule has 0 aliphatic rings.